The first kappa shape index (κ1) is 15.3. The molecule has 0 fully saturated rings. The number of thiophene rings is 1. The lowest BCUT2D eigenvalue weighted by atomic mass is 10.2. The molecule has 0 saturated carbocycles. The molecule has 2 N–H and O–H groups in total. The minimum Gasteiger partial charge on any atom is -0.477 e. The second-order valence-corrected chi connectivity index (χ2v) is 6.50. The molecule has 0 unspecified atom stereocenters. The Bertz CT molecular complexity index is 958. The number of nitrogens with zero attached hydrogens (tertiary/aromatic N) is 3. The van der Waals surface area contributed by atoms with Crippen molar-refractivity contribution in [3.63, 3.8) is 0 Å². The summed E-state index contributed by atoms with van der Waals surface area (Å²) in [5, 5.41) is 14.1. The lowest BCUT2D eigenvalue weighted by molar-refractivity contribution is -0.116. The van der Waals surface area contributed by atoms with Crippen LogP contribution in [-0.4, -0.2) is 31.5 Å². The SMILES string of the molecule is Cc1c(C(=O)O)sc2ncn(CC(=O)Nc3nccs3)c(=O)c12. The molecular formula is C13H10N4O4S2. The van der Waals surface area contributed by atoms with Gasteiger partial charge in [-0.2, -0.15) is 0 Å². The van der Waals surface area contributed by atoms with Crippen LogP contribution in [0.2, 0.25) is 0 Å². The number of hydrogen-bond acceptors (Lipinski definition) is 7. The predicted molar refractivity (Wildman–Crippen MR) is 86.3 cm³/mol. The number of fused-ring (bicyclic) bond motifs is 1. The number of carboxylic acid groups (broad SMARTS) is 1. The molecular weight excluding hydrogens is 340 g/mol. The van der Waals surface area contributed by atoms with Gasteiger partial charge in [-0.1, -0.05) is 0 Å². The van der Waals surface area contributed by atoms with Gasteiger partial charge in [-0.25, -0.2) is 14.8 Å². The summed E-state index contributed by atoms with van der Waals surface area (Å²) >= 11 is 2.21. The van der Waals surface area contributed by atoms with Gasteiger partial charge in [0.15, 0.2) is 5.13 Å². The third-order valence-electron chi connectivity index (χ3n) is 3.10. The summed E-state index contributed by atoms with van der Waals surface area (Å²) in [6.07, 6.45) is 2.80. The van der Waals surface area contributed by atoms with Crippen LogP contribution in [-0.2, 0) is 11.3 Å². The number of nitrogens with one attached hydrogen (secondary N) is 1. The lowest BCUT2D eigenvalue weighted by Gasteiger charge is -2.05. The maximum atomic E-state index is 12.5. The van der Waals surface area contributed by atoms with E-state index in [1.54, 1.807) is 18.5 Å². The molecule has 3 rings (SSSR count). The van der Waals surface area contributed by atoms with Gasteiger partial charge in [-0.3, -0.25) is 14.2 Å². The molecule has 3 aromatic heterocycles. The van der Waals surface area contributed by atoms with Crippen molar-refractivity contribution in [3.05, 3.63) is 38.7 Å². The smallest absolute Gasteiger partial charge is 0.346 e. The summed E-state index contributed by atoms with van der Waals surface area (Å²) in [5.41, 5.74) is -0.0739. The van der Waals surface area contributed by atoms with Gasteiger partial charge in [0.1, 0.15) is 16.3 Å². The molecule has 0 aromatic carbocycles. The number of carbonyl (C=O) groups is 2. The number of amides is 1. The quantitative estimate of drug-likeness (QED) is 0.738. The van der Waals surface area contributed by atoms with Crippen molar-refractivity contribution >= 4 is 49.9 Å². The Labute approximate surface area is 137 Å². The van der Waals surface area contributed by atoms with Gasteiger partial charge < -0.3 is 10.4 Å². The number of carboxylic acids is 1. The molecule has 0 aliphatic rings. The first-order valence-corrected chi connectivity index (χ1v) is 8.08. The van der Waals surface area contributed by atoms with Crippen LogP contribution in [0.3, 0.4) is 0 Å². The Morgan fingerprint density at radius 1 is 1.39 bits per heavy atom. The van der Waals surface area contributed by atoms with Crippen LogP contribution >= 0.6 is 22.7 Å². The summed E-state index contributed by atoms with van der Waals surface area (Å²) in [7, 11) is 0. The maximum Gasteiger partial charge on any atom is 0.346 e. The van der Waals surface area contributed by atoms with Crippen LogP contribution in [0.4, 0.5) is 5.13 Å². The highest BCUT2D eigenvalue weighted by molar-refractivity contribution is 7.20. The molecule has 0 bridgehead atoms. The van der Waals surface area contributed by atoms with E-state index in [-0.39, 0.29) is 16.8 Å². The molecule has 8 nitrogen and oxygen atoms in total. The third-order valence-corrected chi connectivity index (χ3v) is 4.98. The van der Waals surface area contributed by atoms with Crippen LogP contribution in [0.1, 0.15) is 15.2 Å². The average Bonchev–Trinajstić information content (AvgIpc) is 3.10. The fourth-order valence-corrected chi connectivity index (χ4v) is 3.60. The summed E-state index contributed by atoms with van der Waals surface area (Å²) in [4.78, 5) is 44.0. The normalized spacial score (nSPS) is 10.8. The number of aromatic carboxylic acids is 1. The van der Waals surface area contributed by atoms with E-state index in [9.17, 15) is 14.4 Å². The van der Waals surface area contributed by atoms with E-state index in [1.165, 1.54) is 17.7 Å². The van der Waals surface area contributed by atoms with E-state index >= 15 is 0 Å². The van der Waals surface area contributed by atoms with E-state index in [2.05, 4.69) is 15.3 Å². The number of thiazole rings is 1. The van der Waals surface area contributed by atoms with Crippen molar-refractivity contribution in [2.75, 3.05) is 5.32 Å². The van der Waals surface area contributed by atoms with Crippen molar-refractivity contribution in [1.82, 2.24) is 14.5 Å². The Morgan fingerprint density at radius 3 is 2.83 bits per heavy atom. The van der Waals surface area contributed by atoms with Crippen molar-refractivity contribution < 1.29 is 14.7 Å². The highest BCUT2D eigenvalue weighted by Crippen LogP contribution is 2.26. The number of hydrogen-bond donors (Lipinski definition) is 2. The van der Waals surface area contributed by atoms with Crippen molar-refractivity contribution in [3.8, 4) is 0 Å². The molecule has 0 spiro atoms. The molecule has 0 aliphatic carbocycles. The monoisotopic (exact) mass is 350 g/mol. The third kappa shape index (κ3) is 2.85. The number of anilines is 1. The summed E-state index contributed by atoms with van der Waals surface area (Å²) < 4.78 is 1.15. The van der Waals surface area contributed by atoms with E-state index in [4.69, 9.17) is 5.11 Å². The highest BCUT2D eigenvalue weighted by atomic mass is 32.1. The topological polar surface area (TPSA) is 114 Å². The Balaban J connectivity index is 1.94. The van der Waals surface area contributed by atoms with Gasteiger partial charge in [0.25, 0.3) is 5.56 Å². The van der Waals surface area contributed by atoms with Gasteiger partial charge in [-0.05, 0) is 12.5 Å². The number of aryl methyl sites for hydroxylation is 1. The van der Waals surface area contributed by atoms with Crippen LogP contribution in [0.25, 0.3) is 10.2 Å². The molecule has 0 radical (unpaired) electrons. The van der Waals surface area contributed by atoms with Crippen LogP contribution < -0.4 is 10.9 Å². The second-order valence-electron chi connectivity index (χ2n) is 4.60. The van der Waals surface area contributed by atoms with Gasteiger partial charge in [0.05, 0.1) is 11.7 Å². The highest BCUT2D eigenvalue weighted by Gasteiger charge is 2.19. The lowest BCUT2D eigenvalue weighted by Crippen LogP contribution is -2.27. The number of aromatic nitrogens is 3. The number of rotatable bonds is 4. The van der Waals surface area contributed by atoms with Crippen LogP contribution in [0.5, 0.6) is 0 Å². The molecule has 118 valence electrons. The Hall–Kier alpha value is -2.59. The predicted octanol–water partition coefficient (Wildman–Crippen LogP) is 1.56. The Morgan fingerprint density at radius 2 is 2.17 bits per heavy atom. The molecule has 23 heavy (non-hydrogen) atoms. The zero-order valence-electron chi connectivity index (χ0n) is 11.8. The average molecular weight is 350 g/mol. The second kappa shape index (κ2) is 5.89. The summed E-state index contributed by atoms with van der Waals surface area (Å²) in [6.45, 7) is 1.34. The van der Waals surface area contributed by atoms with Crippen molar-refractivity contribution in [2.45, 2.75) is 13.5 Å². The summed E-state index contributed by atoms with van der Waals surface area (Å²) in [5.74, 6) is -1.51. The number of carbonyl (C=O) groups excluding carboxylic acids is 1. The summed E-state index contributed by atoms with van der Waals surface area (Å²) in [6, 6.07) is 0. The van der Waals surface area contributed by atoms with E-state index in [1.807, 2.05) is 0 Å². The van der Waals surface area contributed by atoms with E-state index in [0.717, 1.165) is 15.9 Å². The first-order chi connectivity index (χ1) is 11.0. The van der Waals surface area contributed by atoms with E-state index in [0.29, 0.717) is 15.5 Å². The van der Waals surface area contributed by atoms with Crippen LogP contribution in [0.15, 0.2) is 22.7 Å². The molecule has 0 atom stereocenters. The standard InChI is InChI=1S/C13H10N4O4S2/c1-6-8-10(23-9(6)12(20)21)15-5-17(11(8)19)4-7(18)16-13-14-2-3-22-13/h2-3,5H,4H2,1H3,(H,20,21)(H,14,16,18). The molecule has 0 aliphatic heterocycles. The fourth-order valence-electron chi connectivity index (χ4n) is 2.07. The Kier molecular flexibility index (Phi) is 3.92. The molecule has 10 heteroatoms. The van der Waals surface area contributed by atoms with E-state index < -0.39 is 17.4 Å². The largest absolute Gasteiger partial charge is 0.477 e. The molecule has 1 amide bonds. The van der Waals surface area contributed by atoms with Gasteiger partial charge >= 0.3 is 5.97 Å². The van der Waals surface area contributed by atoms with Crippen molar-refractivity contribution in [2.24, 2.45) is 0 Å². The van der Waals surface area contributed by atoms with Crippen molar-refractivity contribution in [1.29, 1.82) is 0 Å². The first-order valence-electron chi connectivity index (χ1n) is 6.38. The minimum absolute atomic E-state index is 0.0783. The van der Waals surface area contributed by atoms with Gasteiger partial charge in [-0.15, -0.1) is 22.7 Å². The molecule has 3 aromatic rings. The fraction of sp³-hybridized carbons (Fsp3) is 0.154. The zero-order chi connectivity index (χ0) is 16.6. The molecule has 3 heterocycles. The van der Waals surface area contributed by atoms with Gasteiger partial charge in [0.2, 0.25) is 5.91 Å². The minimum atomic E-state index is -1.10. The van der Waals surface area contributed by atoms with Gasteiger partial charge in [0, 0.05) is 11.6 Å². The van der Waals surface area contributed by atoms with Crippen LogP contribution in [0, 0.1) is 6.92 Å². The zero-order valence-corrected chi connectivity index (χ0v) is 13.4. The molecule has 0 saturated heterocycles. The maximum absolute atomic E-state index is 12.5.